The summed E-state index contributed by atoms with van der Waals surface area (Å²) in [5.74, 6) is -3.05. The van der Waals surface area contributed by atoms with Crippen LogP contribution in [0.5, 0.6) is 11.5 Å². The quantitative estimate of drug-likeness (QED) is 0.133. The van der Waals surface area contributed by atoms with Gasteiger partial charge in [-0.15, -0.1) is 0 Å². The number of unbranched alkanes of at least 4 members (excludes halogenated alkanes) is 5. The Morgan fingerprint density at radius 1 is 0.684 bits per heavy atom. The fraction of sp³-hybridized carbons (Fsp3) is 0.367. The Labute approximate surface area is 226 Å². The lowest BCUT2D eigenvalue weighted by atomic mass is 10.0. The van der Waals surface area contributed by atoms with E-state index in [0.29, 0.717) is 24.4 Å². The van der Waals surface area contributed by atoms with Crippen LogP contribution >= 0.6 is 11.9 Å². The van der Waals surface area contributed by atoms with Crippen molar-refractivity contribution in [3.63, 3.8) is 0 Å². The Kier molecular flexibility index (Phi) is 9.98. The molecule has 3 aromatic carbocycles. The number of nitrogens with zero attached hydrogens (tertiary/aromatic N) is 1. The SMILES string of the molecule is CCCCCCOc1c(F)c(F)c2c(c1F)SNC(c1ccc(-c3ccc(OCCCCC)cc3)cc1)=N2. The molecule has 0 spiro atoms. The van der Waals surface area contributed by atoms with Crippen LogP contribution in [0.25, 0.3) is 11.1 Å². The van der Waals surface area contributed by atoms with Gasteiger partial charge < -0.3 is 14.2 Å². The van der Waals surface area contributed by atoms with E-state index in [-0.39, 0.29) is 17.2 Å². The van der Waals surface area contributed by atoms with E-state index >= 15 is 4.39 Å². The van der Waals surface area contributed by atoms with Gasteiger partial charge in [0.1, 0.15) is 17.3 Å². The first-order valence-corrected chi connectivity index (χ1v) is 14.0. The third-order valence-corrected chi connectivity index (χ3v) is 7.17. The van der Waals surface area contributed by atoms with Crippen molar-refractivity contribution in [1.29, 1.82) is 0 Å². The molecule has 0 radical (unpaired) electrons. The molecule has 8 heteroatoms. The Bertz CT molecular complexity index is 1250. The van der Waals surface area contributed by atoms with Gasteiger partial charge in [0.2, 0.25) is 5.82 Å². The Balaban J connectivity index is 1.47. The number of benzene rings is 3. The van der Waals surface area contributed by atoms with E-state index in [1.54, 1.807) is 0 Å². The fourth-order valence-electron chi connectivity index (χ4n) is 4.09. The number of hydrogen-bond acceptors (Lipinski definition) is 5. The van der Waals surface area contributed by atoms with E-state index in [4.69, 9.17) is 9.47 Å². The van der Waals surface area contributed by atoms with Gasteiger partial charge in [0.25, 0.3) is 0 Å². The molecule has 0 amide bonds. The zero-order valence-corrected chi connectivity index (χ0v) is 22.6. The van der Waals surface area contributed by atoms with Gasteiger partial charge in [-0.3, -0.25) is 0 Å². The normalized spacial score (nSPS) is 12.5. The van der Waals surface area contributed by atoms with Gasteiger partial charge >= 0.3 is 0 Å². The van der Waals surface area contributed by atoms with Gasteiger partial charge in [0.05, 0.1) is 18.1 Å². The van der Waals surface area contributed by atoms with E-state index in [1.807, 2.05) is 48.5 Å². The molecule has 0 unspecified atom stereocenters. The summed E-state index contributed by atoms with van der Waals surface area (Å²) in [4.78, 5) is 4.09. The summed E-state index contributed by atoms with van der Waals surface area (Å²) in [6.45, 7) is 5.06. The predicted molar refractivity (Wildman–Crippen MR) is 148 cm³/mol. The van der Waals surface area contributed by atoms with Crippen LogP contribution in [0.2, 0.25) is 0 Å². The van der Waals surface area contributed by atoms with Crippen molar-refractivity contribution in [2.75, 3.05) is 13.2 Å². The van der Waals surface area contributed by atoms with Crippen LogP contribution in [0.15, 0.2) is 58.4 Å². The van der Waals surface area contributed by atoms with Crippen LogP contribution in [0.3, 0.4) is 0 Å². The summed E-state index contributed by atoms with van der Waals surface area (Å²) in [7, 11) is 0. The van der Waals surface area contributed by atoms with Crippen LogP contribution in [-0.2, 0) is 0 Å². The number of halogens is 3. The molecule has 0 saturated heterocycles. The van der Waals surface area contributed by atoms with Crippen molar-refractivity contribution >= 4 is 23.5 Å². The Morgan fingerprint density at radius 2 is 1.26 bits per heavy atom. The molecule has 3 aromatic rings. The maximum Gasteiger partial charge on any atom is 0.206 e. The molecule has 1 heterocycles. The van der Waals surface area contributed by atoms with Gasteiger partial charge in [-0.1, -0.05) is 82.3 Å². The number of nitrogens with one attached hydrogen (secondary N) is 1. The van der Waals surface area contributed by atoms with E-state index in [2.05, 4.69) is 23.6 Å². The van der Waals surface area contributed by atoms with E-state index in [0.717, 1.165) is 67.3 Å². The molecule has 1 aliphatic heterocycles. The summed E-state index contributed by atoms with van der Waals surface area (Å²) >= 11 is 0.858. The number of fused-ring (bicyclic) bond motifs is 1. The topological polar surface area (TPSA) is 42.8 Å². The zero-order valence-electron chi connectivity index (χ0n) is 21.8. The molecule has 4 rings (SSSR count). The number of hydrogen-bond donors (Lipinski definition) is 1. The third-order valence-electron chi connectivity index (χ3n) is 6.29. The fourth-order valence-corrected chi connectivity index (χ4v) is 4.87. The Hall–Kier alpha value is -3.13. The zero-order chi connectivity index (χ0) is 26.9. The molecule has 0 aliphatic carbocycles. The Morgan fingerprint density at radius 3 is 1.95 bits per heavy atom. The van der Waals surface area contributed by atoms with Crippen molar-refractivity contribution < 1.29 is 22.6 Å². The number of amidine groups is 1. The van der Waals surface area contributed by atoms with Crippen molar-refractivity contribution in [2.24, 2.45) is 4.99 Å². The molecule has 0 aromatic heterocycles. The van der Waals surface area contributed by atoms with Gasteiger partial charge in [0.15, 0.2) is 17.4 Å². The van der Waals surface area contributed by atoms with Crippen LogP contribution in [0, 0.1) is 17.5 Å². The first-order chi connectivity index (χ1) is 18.5. The molecule has 0 fully saturated rings. The summed E-state index contributed by atoms with van der Waals surface area (Å²) in [5, 5.41) is 0. The highest BCUT2D eigenvalue weighted by Gasteiger charge is 2.29. The van der Waals surface area contributed by atoms with Crippen LogP contribution in [-0.4, -0.2) is 19.0 Å². The van der Waals surface area contributed by atoms with Gasteiger partial charge in [-0.05, 0) is 48.0 Å². The average Bonchev–Trinajstić information content (AvgIpc) is 2.96. The molecule has 0 atom stereocenters. The molecular formula is C30H33F3N2O2S. The standard InChI is InChI=1S/C30H33F3N2O2S/c1-3-5-7-9-19-37-28-25(32)24(31)27-29(26(28)33)38-35-30(34-27)22-12-10-20(11-13-22)21-14-16-23(17-15-21)36-18-8-6-4-2/h10-17H,3-9,18-19H2,1-2H3,(H,34,35). The van der Waals surface area contributed by atoms with Gasteiger partial charge in [-0.2, -0.15) is 4.39 Å². The molecular weight excluding hydrogens is 509 g/mol. The smallest absolute Gasteiger partial charge is 0.206 e. The predicted octanol–water partition coefficient (Wildman–Crippen LogP) is 8.99. The highest BCUT2D eigenvalue weighted by Crippen LogP contribution is 2.43. The number of ether oxygens (including phenoxy) is 2. The minimum atomic E-state index is -1.35. The highest BCUT2D eigenvalue weighted by molar-refractivity contribution is 7.98. The first-order valence-electron chi connectivity index (χ1n) is 13.2. The maximum atomic E-state index is 15.0. The summed E-state index contributed by atoms with van der Waals surface area (Å²) < 4.78 is 58.6. The van der Waals surface area contributed by atoms with Crippen LogP contribution < -0.4 is 14.2 Å². The average molecular weight is 543 g/mol. The monoisotopic (exact) mass is 542 g/mol. The molecule has 0 bridgehead atoms. The van der Waals surface area contributed by atoms with Crippen molar-refractivity contribution in [3.8, 4) is 22.6 Å². The van der Waals surface area contributed by atoms with E-state index < -0.39 is 23.2 Å². The second-order valence-corrected chi connectivity index (χ2v) is 10.00. The number of aliphatic imine (C=N–C) groups is 1. The first kappa shape index (κ1) is 27.9. The summed E-state index contributed by atoms with van der Waals surface area (Å²) in [6, 6.07) is 15.4. The summed E-state index contributed by atoms with van der Waals surface area (Å²) in [5.41, 5.74) is 2.31. The van der Waals surface area contributed by atoms with Gasteiger partial charge in [-0.25, -0.2) is 13.8 Å². The lowest BCUT2D eigenvalue weighted by molar-refractivity contribution is 0.267. The molecule has 0 saturated carbocycles. The molecule has 4 nitrogen and oxygen atoms in total. The van der Waals surface area contributed by atoms with Crippen molar-refractivity contribution in [1.82, 2.24) is 4.72 Å². The maximum absolute atomic E-state index is 15.0. The highest BCUT2D eigenvalue weighted by atomic mass is 32.2. The molecule has 202 valence electrons. The molecule has 1 N–H and O–H groups in total. The second-order valence-electron chi connectivity index (χ2n) is 9.18. The minimum Gasteiger partial charge on any atom is -0.494 e. The van der Waals surface area contributed by atoms with Crippen LogP contribution in [0.1, 0.15) is 64.4 Å². The minimum absolute atomic E-state index is 0.121. The lowest BCUT2D eigenvalue weighted by Gasteiger charge is -2.20. The van der Waals surface area contributed by atoms with Crippen molar-refractivity contribution in [3.05, 3.63) is 71.5 Å². The molecule has 1 aliphatic rings. The van der Waals surface area contributed by atoms with E-state index in [9.17, 15) is 8.78 Å². The van der Waals surface area contributed by atoms with Crippen molar-refractivity contribution in [2.45, 2.75) is 63.7 Å². The largest absolute Gasteiger partial charge is 0.494 e. The third kappa shape index (κ3) is 6.65. The lowest BCUT2D eigenvalue weighted by Crippen LogP contribution is -2.21. The van der Waals surface area contributed by atoms with Crippen LogP contribution in [0.4, 0.5) is 18.9 Å². The van der Waals surface area contributed by atoms with Gasteiger partial charge in [0, 0.05) is 5.56 Å². The second kappa shape index (κ2) is 13.6. The number of rotatable bonds is 13. The molecule has 38 heavy (non-hydrogen) atoms. The van der Waals surface area contributed by atoms with E-state index in [1.165, 1.54) is 0 Å². The summed E-state index contributed by atoms with van der Waals surface area (Å²) in [6.07, 6.45) is 6.91.